The molecule has 94 valence electrons. The van der Waals surface area contributed by atoms with Crippen molar-refractivity contribution in [3.05, 3.63) is 34.4 Å². The second kappa shape index (κ2) is 7.59. The molecule has 1 aromatic carbocycles. The number of para-hydroxylation sites is 2. The van der Waals surface area contributed by atoms with E-state index in [1.165, 1.54) is 6.07 Å². The first-order chi connectivity index (χ1) is 8.25. The van der Waals surface area contributed by atoms with Crippen LogP contribution in [0.2, 0.25) is 0 Å². The molecule has 0 aliphatic rings. The van der Waals surface area contributed by atoms with E-state index in [0.29, 0.717) is 19.8 Å². The van der Waals surface area contributed by atoms with Gasteiger partial charge < -0.3 is 14.2 Å². The molecule has 0 radical (unpaired) electrons. The van der Waals surface area contributed by atoms with Gasteiger partial charge in [0.2, 0.25) is 0 Å². The lowest BCUT2D eigenvalue weighted by atomic mass is 10.3. The van der Waals surface area contributed by atoms with Crippen molar-refractivity contribution < 1.29 is 19.1 Å². The van der Waals surface area contributed by atoms with Crippen LogP contribution in [0.1, 0.15) is 0 Å². The van der Waals surface area contributed by atoms with Gasteiger partial charge in [-0.05, 0) is 6.07 Å². The summed E-state index contributed by atoms with van der Waals surface area (Å²) >= 11 is 0. The van der Waals surface area contributed by atoms with E-state index < -0.39 is 4.92 Å². The number of methoxy groups -OCH3 is 1. The quantitative estimate of drug-likeness (QED) is 0.393. The smallest absolute Gasteiger partial charge is 0.310 e. The van der Waals surface area contributed by atoms with Gasteiger partial charge >= 0.3 is 5.69 Å². The summed E-state index contributed by atoms with van der Waals surface area (Å²) in [6.45, 7) is 1.65. The van der Waals surface area contributed by atoms with Gasteiger partial charge in [-0.3, -0.25) is 10.1 Å². The van der Waals surface area contributed by atoms with Gasteiger partial charge in [-0.25, -0.2) is 0 Å². The highest BCUT2D eigenvalue weighted by molar-refractivity contribution is 5.45. The molecule has 0 saturated heterocycles. The number of hydrogen-bond acceptors (Lipinski definition) is 5. The molecule has 0 aliphatic heterocycles. The van der Waals surface area contributed by atoms with E-state index in [1.807, 2.05) is 0 Å². The van der Waals surface area contributed by atoms with E-state index in [1.54, 1.807) is 25.3 Å². The molecular formula is C11H15NO5. The van der Waals surface area contributed by atoms with Crippen molar-refractivity contribution in [3.63, 3.8) is 0 Å². The van der Waals surface area contributed by atoms with Crippen LogP contribution < -0.4 is 4.74 Å². The molecule has 0 aromatic heterocycles. The third kappa shape index (κ3) is 4.80. The third-order valence-electron chi connectivity index (χ3n) is 1.98. The monoisotopic (exact) mass is 241 g/mol. The molecule has 0 heterocycles. The summed E-state index contributed by atoms with van der Waals surface area (Å²) in [6, 6.07) is 6.25. The van der Waals surface area contributed by atoms with E-state index in [4.69, 9.17) is 14.2 Å². The number of benzene rings is 1. The van der Waals surface area contributed by atoms with Crippen molar-refractivity contribution in [1.82, 2.24) is 0 Å². The second-order valence-corrected chi connectivity index (χ2v) is 3.18. The van der Waals surface area contributed by atoms with Crippen LogP contribution in [0, 0.1) is 10.1 Å². The summed E-state index contributed by atoms with van der Waals surface area (Å²) in [5.41, 5.74) is -0.0376. The highest BCUT2D eigenvalue weighted by Gasteiger charge is 2.12. The zero-order valence-electron chi connectivity index (χ0n) is 9.63. The van der Waals surface area contributed by atoms with E-state index in [0.717, 1.165) is 0 Å². The average molecular weight is 241 g/mol. The first kappa shape index (κ1) is 13.4. The molecule has 0 amide bonds. The van der Waals surface area contributed by atoms with Crippen LogP contribution in [-0.2, 0) is 9.47 Å². The lowest BCUT2D eigenvalue weighted by Gasteiger charge is -2.07. The standard InChI is InChI=1S/C11H15NO5/c1-15-6-7-16-8-9-17-11-5-3-2-4-10(11)12(13)14/h2-5H,6-9H2,1H3. The maximum absolute atomic E-state index is 10.7. The van der Waals surface area contributed by atoms with Gasteiger partial charge in [-0.2, -0.15) is 0 Å². The van der Waals surface area contributed by atoms with Gasteiger partial charge in [0.05, 0.1) is 24.7 Å². The Morgan fingerprint density at radius 1 is 1.18 bits per heavy atom. The SMILES string of the molecule is COCCOCCOc1ccccc1[N+](=O)[O-]. The number of rotatable bonds is 8. The molecule has 0 spiro atoms. The molecular weight excluding hydrogens is 226 g/mol. The Balaban J connectivity index is 2.34. The van der Waals surface area contributed by atoms with E-state index >= 15 is 0 Å². The summed E-state index contributed by atoms with van der Waals surface area (Å²) < 4.78 is 15.2. The predicted octanol–water partition coefficient (Wildman–Crippen LogP) is 1.64. The van der Waals surface area contributed by atoms with Gasteiger partial charge in [0.1, 0.15) is 6.61 Å². The predicted molar refractivity (Wildman–Crippen MR) is 61.3 cm³/mol. The van der Waals surface area contributed by atoms with Crippen LogP contribution in [0.4, 0.5) is 5.69 Å². The molecule has 0 aliphatic carbocycles. The summed E-state index contributed by atoms with van der Waals surface area (Å²) in [5, 5.41) is 10.7. The van der Waals surface area contributed by atoms with Crippen LogP contribution in [0.15, 0.2) is 24.3 Å². The molecule has 6 heteroatoms. The molecule has 6 nitrogen and oxygen atoms in total. The maximum Gasteiger partial charge on any atom is 0.310 e. The topological polar surface area (TPSA) is 70.8 Å². The van der Waals surface area contributed by atoms with Crippen LogP contribution in [0.25, 0.3) is 0 Å². The highest BCUT2D eigenvalue weighted by Crippen LogP contribution is 2.25. The minimum absolute atomic E-state index is 0.0376. The third-order valence-corrected chi connectivity index (χ3v) is 1.98. The molecule has 1 rings (SSSR count). The Morgan fingerprint density at radius 3 is 2.59 bits per heavy atom. The molecule has 0 bridgehead atoms. The first-order valence-electron chi connectivity index (χ1n) is 5.18. The fraction of sp³-hybridized carbons (Fsp3) is 0.455. The zero-order valence-corrected chi connectivity index (χ0v) is 9.63. The molecule has 0 fully saturated rings. The van der Waals surface area contributed by atoms with Crippen molar-refractivity contribution in [1.29, 1.82) is 0 Å². The molecule has 1 aromatic rings. The summed E-state index contributed by atoms with van der Waals surface area (Å²) in [5.74, 6) is 0.257. The molecule has 0 unspecified atom stereocenters. The van der Waals surface area contributed by atoms with Crippen LogP contribution in [0.3, 0.4) is 0 Å². The summed E-state index contributed by atoms with van der Waals surface area (Å²) in [6.07, 6.45) is 0. The average Bonchev–Trinajstić information content (AvgIpc) is 2.34. The van der Waals surface area contributed by atoms with Gasteiger partial charge in [0.25, 0.3) is 0 Å². The second-order valence-electron chi connectivity index (χ2n) is 3.18. The fourth-order valence-electron chi connectivity index (χ4n) is 1.18. The van der Waals surface area contributed by atoms with Gasteiger partial charge in [0, 0.05) is 13.2 Å². The fourth-order valence-corrected chi connectivity index (χ4v) is 1.18. The van der Waals surface area contributed by atoms with Crippen molar-refractivity contribution in [2.24, 2.45) is 0 Å². The lowest BCUT2D eigenvalue weighted by Crippen LogP contribution is -2.10. The Bertz CT molecular complexity index is 355. The summed E-state index contributed by atoms with van der Waals surface area (Å²) in [7, 11) is 1.59. The molecule has 17 heavy (non-hydrogen) atoms. The van der Waals surface area contributed by atoms with Crippen LogP contribution in [0.5, 0.6) is 5.75 Å². The number of ether oxygens (including phenoxy) is 3. The normalized spacial score (nSPS) is 10.2. The Hall–Kier alpha value is -1.66. The molecule has 0 N–H and O–H groups in total. The largest absolute Gasteiger partial charge is 0.484 e. The Labute approximate surface area is 99.2 Å². The van der Waals surface area contributed by atoms with Crippen molar-refractivity contribution >= 4 is 5.69 Å². The maximum atomic E-state index is 10.7. The number of hydrogen-bond donors (Lipinski definition) is 0. The van der Waals surface area contributed by atoms with Crippen molar-refractivity contribution in [2.75, 3.05) is 33.5 Å². The van der Waals surface area contributed by atoms with E-state index in [-0.39, 0.29) is 18.0 Å². The summed E-state index contributed by atoms with van der Waals surface area (Å²) in [4.78, 5) is 10.2. The zero-order chi connectivity index (χ0) is 12.5. The number of nitro groups is 1. The van der Waals surface area contributed by atoms with Crippen LogP contribution in [-0.4, -0.2) is 38.5 Å². The van der Waals surface area contributed by atoms with Gasteiger partial charge in [-0.15, -0.1) is 0 Å². The minimum Gasteiger partial charge on any atom is -0.484 e. The minimum atomic E-state index is -0.471. The van der Waals surface area contributed by atoms with E-state index in [9.17, 15) is 10.1 Å². The van der Waals surface area contributed by atoms with Crippen molar-refractivity contribution in [2.45, 2.75) is 0 Å². The highest BCUT2D eigenvalue weighted by atomic mass is 16.6. The molecule has 0 atom stereocenters. The lowest BCUT2D eigenvalue weighted by molar-refractivity contribution is -0.385. The number of nitro benzene ring substituents is 1. The van der Waals surface area contributed by atoms with Gasteiger partial charge in [-0.1, -0.05) is 12.1 Å². The van der Waals surface area contributed by atoms with Gasteiger partial charge in [0.15, 0.2) is 5.75 Å². The number of nitrogens with zero attached hydrogens (tertiary/aromatic N) is 1. The van der Waals surface area contributed by atoms with E-state index in [2.05, 4.69) is 0 Å². The Kier molecular flexibility index (Phi) is 5.98. The van der Waals surface area contributed by atoms with Crippen LogP contribution >= 0.6 is 0 Å². The first-order valence-corrected chi connectivity index (χ1v) is 5.18. The molecule has 0 saturated carbocycles. The van der Waals surface area contributed by atoms with Crippen molar-refractivity contribution in [3.8, 4) is 5.75 Å². The Morgan fingerprint density at radius 2 is 1.88 bits per heavy atom.